The largest absolute Gasteiger partial charge is 0.497 e. The van der Waals surface area contributed by atoms with E-state index in [1.165, 1.54) is 5.39 Å². The third-order valence-electron chi connectivity index (χ3n) is 4.04. The molecule has 0 radical (unpaired) electrons. The lowest BCUT2D eigenvalue weighted by molar-refractivity contribution is 0.309. The second-order valence-corrected chi connectivity index (χ2v) is 5.49. The highest BCUT2D eigenvalue weighted by atomic mass is 16.5. The van der Waals surface area contributed by atoms with E-state index in [2.05, 4.69) is 29.2 Å². The van der Waals surface area contributed by atoms with Crippen LogP contribution >= 0.6 is 0 Å². The number of ether oxygens (including phenoxy) is 2. The molecule has 0 unspecified atom stereocenters. The molecule has 114 valence electrons. The number of hydrogen-bond acceptors (Lipinski definition) is 2. The van der Waals surface area contributed by atoms with Crippen molar-refractivity contribution in [2.75, 3.05) is 7.11 Å². The van der Waals surface area contributed by atoms with Gasteiger partial charge in [0.1, 0.15) is 18.1 Å². The van der Waals surface area contributed by atoms with Crippen molar-refractivity contribution >= 4 is 21.8 Å². The first kappa shape index (κ1) is 13.7. The maximum atomic E-state index is 6.03. The predicted molar refractivity (Wildman–Crippen MR) is 93.1 cm³/mol. The molecule has 3 nitrogen and oxygen atoms in total. The Bertz CT molecular complexity index is 957. The number of H-pyrrole nitrogens is 1. The number of aromatic nitrogens is 1. The van der Waals surface area contributed by atoms with Crippen molar-refractivity contribution in [1.82, 2.24) is 4.98 Å². The van der Waals surface area contributed by atoms with Crippen LogP contribution in [0.4, 0.5) is 0 Å². The number of aromatic amines is 1. The van der Waals surface area contributed by atoms with Crippen molar-refractivity contribution in [3.05, 3.63) is 72.3 Å². The Kier molecular flexibility index (Phi) is 3.39. The van der Waals surface area contributed by atoms with Gasteiger partial charge in [0.2, 0.25) is 0 Å². The number of para-hydroxylation sites is 1. The van der Waals surface area contributed by atoms with Gasteiger partial charge >= 0.3 is 0 Å². The zero-order chi connectivity index (χ0) is 15.6. The van der Waals surface area contributed by atoms with E-state index in [1.807, 2.05) is 42.5 Å². The summed E-state index contributed by atoms with van der Waals surface area (Å²) in [4.78, 5) is 3.45. The molecule has 3 aromatic carbocycles. The molecule has 0 fully saturated rings. The van der Waals surface area contributed by atoms with E-state index in [0.29, 0.717) is 6.61 Å². The Balaban J connectivity index is 1.75. The van der Waals surface area contributed by atoms with Gasteiger partial charge in [-0.25, -0.2) is 0 Å². The Morgan fingerprint density at radius 3 is 2.57 bits per heavy atom. The van der Waals surface area contributed by atoms with E-state index in [1.54, 1.807) is 7.11 Å². The number of rotatable bonds is 4. The zero-order valence-corrected chi connectivity index (χ0v) is 12.9. The van der Waals surface area contributed by atoms with E-state index in [9.17, 15) is 0 Å². The molecule has 4 rings (SSSR count). The van der Waals surface area contributed by atoms with Crippen LogP contribution in [0.15, 0.2) is 66.7 Å². The summed E-state index contributed by atoms with van der Waals surface area (Å²) in [5.41, 5.74) is 3.23. The van der Waals surface area contributed by atoms with Gasteiger partial charge in [0.25, 0.3) is 0 Å². The highest BCUT2D eigenvalue weighted by Crippen LogP contribution is 2.33. The maximum Gasteiger partial charge on any atom is 0.143 e. The van der Waals surface area contributed by atoms with Crippen LogP contribution in [0.1, 0.15) is 5.56 Å². The normalized spacial score (nSPS) is 11.0. The van der Waals surface area contributed by atoms with E-state index < -0.39 is 0 Å². The molecular formula is C20H17NO2. The quantitative estimate of drug-likeness (QED) is 0.581. The topological polar surface area (TPSA) is 34.2 Å². The molecule has 0 atom stereocenters. The van der Waals surface area contributed by atoms with Crippen molar-refractivity contribution in [1.29, 1.82) is 0 Å². The lowest BCUT2D eigenvalue weighted by Gasteiger charge is -2.07. The maximum absolute atomic E-state index is 6.03. The first-order valence-electron chi connectivity index (χ1n) is 7.60. The fraction of sp³-hybridized carbons (Fsp3) is 0.100. The fourth-order valence-corrected chi connectivity index (χ4v) is 2.86. The first-order chi connectivity index (χ1) is 11.3. The van der Waals surface area contributed by atoms with Crippen molar-refractivity contribution < 1.29 is 9.47 Å². The molecule has 0 aliphatic carbocycles. The Labute approximate surface area is 134 Å². The lowest BCUT2D eigenvalue weighted by Crippen LogP contribution is -1.95. The van der Waals surface area contributed by atoms with Crippen LogP contribution in [-0.2, 0) is 6.61 Å². The Morgan fingerprint density at radius 1 is 0.870 bits per heavy atom. The summed E-state index contributed by atoms with van der Waals surface area (Å²) in [6.07, 6.45) is 0. The first-order valence-corrected chi connectivity index (χ1v) is 7.60. The van der Waals surface area contributed by atoms with E-state index in [0.717, 1.165) is 33.5 Å². The van der Waals surface area contributed by atoms with Gasteiger partial charge in [-0.05, 0) is 23.8 Å². The van der Waals surface area contributed by atoms with E-state index in [-0.39, 0.29) is 0 Å². The van der Waals surface area contributed by atoms with Gasteiger partial charge in [0.05, 0.1) is 18.1 Å². The molecule has 4 aromatic rings. The highest BCUT2D eigenvalue weighted by Gasteiger charge is 2.09. The summed E-state index contributed by atoms with van der Waals surface area (Å²) in [6, 6.07) is 22.4. The summed E-state index contributed by atoms with van der Waals surface area (Å²) < 4.78 is 11.3. The van der Waals surface area contributed by atoms with Crippen LogP contribution in [0.25, 0.3) is 21.8 Å². The van der Waals surface area contributed by atoms with Gasteiger partial charge in [-0.15, -0.1) is 0 Å². The molecule has 0 aliphatic rings. The standard InChI is InChI=1S/C20H17NO2/c1-22-15-10-11-16-17-8-5-9-19(20(17)21-18(16)12-15)23-13-14-6-3-2-4-7-14/h2-12,21H,13H2,1H3. The minimum Gasteiger partial charge on any atom is -0.497 e. The summed E-state index contributed by atoms with van der Waals surface area (Å²) >= 11 is 0. The summed E-state index contributed by atoms with van der Waals surface area (Å²) in [6.45, 7) is 0.554. The molecule has 0 bridgehead atoms. The van der Waals surface area contributed by atoms with Crippen molar-refractivity contribution in [2.45, 2.75) is 6.61 Å². The summed E-state index contributed by atoms with van der Waals surface area (Å²) in [5.74, 6) is 1.71. The van der Waals surface area contributed by atoms with Crippen LogP contribution in [0.2, 0.25) is 0 Å². The van der Waals surface area contributed by atoms with Crippen molar-refractivity contribution in [2.24, 2.45) is 0 Å². The predicted octanol–water partition coefficient (Wildman–Crippen LogP) is 4.91. The van der Waals surface area contributed by atoms with Crippen LogP contribution in [0.3, 0.4) is 0 Å². The molecule has 0 saturated carbocycles. The molecule has 0 aliphatic heterocycles. The van der Waals surface area contributed by atoms with Gasteiger partial charge < -0.3 is 14.5 Å². The van der Waals surface area contributed by atoms with Crippen LogP contribution in [-0.4, -0.2) is 12.1 Å². The second-order valence-electron chi connectivity index (χ2n) is 5.49. The number of nitrogens with one attached hydrogen (secondary N) is 1. The van der Waals surface area contributed by atoms with Gasteiger partial charge in [-0.2, -0.15) is 0 Å². The smallest absolute Gasteiger partial charge is 0.143 e. The number of methoxy groups -OCH3 is 1. The molecule has 0 saturated heterocycles. The molecule has 1 heterocycles. The monoisotopic (exact) mass is 303 g/mol. The third kappa shape index (κ3) is 2.50. The molecule has 23 heavy (non-hydrogen) atoms. The summed E-state index contributed by atoms with van der Waals surface area (Å²) in [7, 11) is 1.68. The average Bonchev–Trinajstić information content (AvgIpc) is 2.99. The number of hydrogen-bond donors (Lipinski definition) is 1. The molecule has 0 amide bonds. The van der Waals surface area contributed by atoms with Crippen LogP contribution < -0.4 is 9.47 Å². The molecule has 1 aromatic heterocycles. The number of benzene rings is 3. The van der Waals surface area contributed by atoms with Crippen molar-refractivity contribution in [3.8, 4) is 11.5 Å². The second kappa shape index (κ2) is 5.69. The highest BCUT2D eigenvalue weighted by molar-refractivity contribution is 6.09. The number of fused-ring (bicyclic) bond motifs is 3. The van der Waals surface area contributed by atoms with Crippen LogP contribution in [0, 0.1) is 0 Å². The average molecular weight is 303 g/mol. The van der Waals surface area contributed by atoms with Crippen LogP contribution in [0.5, 0.6) is 11.5 Å². The van der Waals surface area contributed by atoms with Gasteiger partial charge in [0, 0.05) is 16.8 Å². The van der Waals surface area contributed by atoms with E-state index >= 15 is 0 Å². The van der Waals surface area contributed by atoms with E-state index in [4.69, 9.17) is 9.47 Å². The van der Waals surface area contributed by atoms with Gasteiger partial charge in [-0.3, -0.25) is 0 Å². The Morgan fingerprint density at radius 2 is 1.74 bits per heavy atom. The molecule has 1 N–H and O–H groups in total. The molecular weight excluding hydrogens is 286 g/mol. The minimum absolute atomic E-state index is 0.554. The molecule has 0 spiro atoms. The van der Waals surface area contributed by atoms with Gasteiger partial charge in [-0.1, -0.05) is 42.5 Å². The zero-order valence-electron chi connectivity index (χ0n) is 12.9. The molecule has 3 heteroatoms. The minimum atomic E-state index is 0.554. The van der Waals surface area contributed by atoms with Gasteiger partial charge in [0.15, 0.2) is 0 Å². The van der Waals surface area contributed by atoms with Crippen molar-refractivity contribution in [3.63, 3.8) is 0 Å². The Hall–Kier alpha value is -2.94. The summed E-state index contributed by atoms with van der Waals surface area (Å²) in [5, 5.41) is 2.33. The fourth-order valence-electron chi connectivity index (χ4n) is 2.86. The third-order valence-corrected chi connectivity index (χ3v) is 4.04. The lowest BCUT2D eigenvalue weighted by atomic mass is 10.1. The SMILES string of the molecule is COc1ccc2c(c1)[nH]c1c(OCc3ccccc3)cccc12.